The number of carbonyl (C=O) groups is 2. The molecule has 1 heterocycles. The molecule has 0 saturated carbocycles. The number of rotatable bonds is 6. The van der Waals surface area contributed by atoms with E-state index in [1.807, 2.05) is 11.8 Å². The second kappa shape index (κ2) is 8.02. The van der Waals surface area contributed by atoms with Crippen LogP contribution >= 0.6 is 0 Å². The number of nitrogens with zero attached hydrogens (tertiary/aromatic N) is 2. The molecule has 1 saturated heterocycles. The summed E-state index contributed by atoms with van der Waals surface area (Å²) in [5.74, 6) is -0.212. The van der Waals surface area contributed by atoms with E-state index in [2.05, 4.69) is 6.92 Å². The van der Waals surface area contributed by atoms with Crippen LogP contribution in [0, 0.1) is 5.92 Å². The molecule has 5 nitrogen and oxygen atoms in total. The highest BCUT2D eigenvalue weighted by molar-refractivity contribution is 5.80. The van der Waals surface area contributed by atoms with Crippen molar-refractivity contribution >= 4 is 12.0 Å². The molecule has 0 aromatic heterocycles. The van der Waals surface area contributed by atoms with Crippen LogP contribution in [0.5, 0.6) is 0 Å². The monoisotopic (exact) mass is 270 g/mol. The number of likely N-dealkylation sites (tertiary alicyclic amines) is 1. The van der Waals surface area contributed by atoms with Crippen LogP contribution in [0.25, 0.3) is 0 Å². The highest BCUT2D eigenvalue weighted by Gasteiger charge is 2.26. The third-order valence-electron chi connectivity index (χ3n) is 3.67. The molecule has 19 heavy (non-hydrogen) atoms. The molecule has 110 valence electrons. The minimum Gasteiger partial charge on any atom is -0.480 e. The fourth-order valence-corrected chi connectivity index (χ4v) is 2.70. The fraction of sp³-hybridized carbons (Fsp3) is 0.857. The van der Waals surface area contributed by atoms with Crippen LogP contribution in [0.4, 0.5) is 4.79 Å². The minimum absolute atomic E-state index is 0.112. The smallest absolute Gasteiger partial charge is 0.323 e. The van der Waals surface area contributed by atoms with Crippen molar-refractivity contribution in [2.75, 3.05) is 26.2 Å². The number of aliphatic carboxylic acids is 1. The van der Waals surface area contributed by atoms with Crippen LogP contribution in [0.1, 0.15) is 46.0 Å². The Hall–Kier alpha value is -1.26. The molecule has 0 bridgehead atoms. The van der Waals surface area contributed by atoms with E-state index in [4.69, 9.17) is 5.11 Å². The van der Waals surface area contributed by atoms with Crippen LogP contribution < -0.4 is 0 Å². The van der Waals surface area contributed by atoms with Crippen LogP contribution in [0.3, 0.4) is 0 Å². The minimum atomic E-state index is -0.942. The maximum Gasteiger partial charge on any atom is 0.323 e. The lowest BCUT2D eigenvalue weighted by atomic mass is 9.93. The zero-order valence-corrected chi connectivity index (χ0v) is 12.1. The average molecular weight is 270 g/mol. The van der Waals surface area contributed by atoms with Gasteiger partial charge in [-0.3, -0.25) is 4.79 Å². The second-order valence-corrected chi connectivity index (χ2v) is 5.32. The Bertz CT molecular complexity index is 299. The predicted octanol–water partition coefficient (Wildman–Crippen LogP) is 2.42. The largest absolute Gasteiger partial charge is 0.480 e. The number of carboxylic acid groups (broad SMARTS) is 1. The Kier molecular flexibility index (Phi) is 6.67. The van der Waals surface area contributed by atoms with Gasteiger partial charge < -0.3 is 14.9 Å². The Balaban J connectivity index is 2.49. The lowest BCUT2D eigenvalue weighted by Crippen LogP contribution is -2.48. The number of hydrogen-bond acceptors (Lipinski definition) is 2. The van der Waals surface area contributed by atoms with E-state index in [-0.39, 0.29) is 12.6 Å². The Morgan fingerprint density at radius 3 is 2.32 bits per heavy atom. The van der Waals surface area contributed by atoms with Crippen LogP contribution in [-0.2, 0) is 4.79 Å². The van der Waals surface area contributed by atoms with Gasteiger partial charge in [-0.15, -0.1) is 0 Å². The van der Waals surface area contributed by atoms with Gasteiger partial charge in [0.05, 0.1) is 0 Å². The predicted molar refractivity (Wildman–Crippen MR) is 74.1 cm³/mol. The van der Waals surface area contributed by atoms with E-state index in [9.17, 15) is 9.59 Å². The van der Waals surface area contributed by atoms with Gasteiger partial charge >= 0.3 is 12.0 Å². The normalized spacial score (nSPS) is 16.4. The van der Waals surface area contributed by atoms with Gasteiger partial charge in [0.25, 0.3) is 0 Å². The van der Waals surface area contributed by atoms with Gasteiger partial charge in [0, 0.05) is 19.6 Å². The van der Waals surface area contributed by atoms with Crippen molar-refractivity contribution in [1.29, 1.82) is 0 Å². The van der Waals surface area contributed by atoms with E-state index >= 15 is 0 Å². The van der Waals surface area contributed by atoms with Crippen LogP contribution in [-0.4, -0.2) is 53.1 Å². The van der Waals surface area contributed by atoms with Crippen molar-refractivity contribution in [3.05, 3.63) is 0 Å². The highest BCUT2D eigenvalue weighted by atomic mass is 16.4. The summed E-state index contributed by atoms with van der Waals surface area (Å²) in [4.78, 5) is 26.3. The zero-order chi connectivity index (χ0) is 14.3. The maximum atomic E-state index is 12.3. The van der Waals surface area contributed by atoms with E-state index < -0.39 is 5.97 Å². The molecule has 5 heteroatoms. The molecule has 0 aromatic carbocycles. The molecule has 0 unspecified atom stereocenters. The number of urea groups is 1. The Labute approximate surface area is 115 Å². The molecule has 2 amide bonds. The van der Waals surface area contributed by atoms with Gasteiger partial charge in [-0.1, -0.05) is 26.7 Å². The lowest BCUT2D eigenvalue weighted by molar-refractivity contribution is -0.137. The van der Waals surface area contributed by atoms with Crippen molar-refractivity contribution < 1.29 is 14.7 Å². The second-order valence-electron chi connectivity index (χ2n) is 5.32. The first-order valence-electron chi connectivity index (χ1n) is 7.34. The lowest BCUT2D eigenvalue weighted by Gasteiger charge is -2.35. The molecule has 1 rings (SSSR count). The number of carboxylic acids is 1. The fourth-order valence-electron chi connectivity index (χ4n) is 2.70. The SMILES string of the molecule is CCCC1CCN(C(=O)N(CCC)CC(=O)O)CC1. The molecule has 0 aromatic rings. The molecule has 0 atom stereocenters. The molecule has 1 fully saturated rings. The number of carbonyl (C=O) groups excluding carboxylic acids is 1. The molecule has 1 N–H and O–H groups in total. The van der Waals surface area contributed by atoms with E-state index in [0.717, 1.165) is 38.3 Å². The van der Waals surface area contributed by atoms with E-state index in [0.29, 0.717) is 6.54 Å². The molecule has 0 spiro atoms. The number of hydrogen-bond donors (Lipinski definition) is 1. The van der Waals surface area contributed by atoms with Crippen LogP contribution in [0.15, 0.2) is 0 Å². The van der Waals surface area contributed by atoms with Gasteiger partial charge in [0.2, 0.25) is 0 Å². The van der Waals surface area contributed by atoms with Crippen molar-refractivity contribution in [3.63, 3.8) is 0 Å². The van der Waals surface area contributed by atoms with E-state index in [1.165, 1.54) is 17.7 Å². The standard InChI is InChI=1S/C14H26N2O3/c1-3-5-12-6-9-15(10-7-12)14(19)16(8-4-2)11-13(17)18/h12H,3-11H2,1-2H3,(H,17,18). The summed E-state index contributed by atoms with van der Waals surface area (Å²) in [6.45, 7) is 6.00. The third-order valence-corrected chi connectivity index (χ3v) is 3.67. The zero-order valence-electron chi connectivity index (χ0n) is 12.1. The molecular formula is C14H26N2O3. The summed E-state index contributed by atoms with van der Waals surface area (Å²) < 4.78 is 0. The van der Waals surface area contributed by atoms with Crippen molar-refractivity contribution in [2.24, 2.45) is 5.92 Å². The average Bonchev–Trinajstić information content (AvgIpc) is 2.38. The summed E-state index contributed by atoms with van der Waals surface area (Å²) in [5, 5.41) is 8.86. The van der Waals surface area contributed by atoms with E-state index in [1.54, 1.807) is 0 Å². The molecule has 1 aliphatic rings. The maximum absolute atomic E-state index is 12.3. The number of piperidine rings is 1. The summed E-state index contributed by atoms with van der Waals surface area (Å²) in [6, 6.07) is -0.112. The van der Waals surface area contributed by atoms with Crippen LogP contribution in [0.2, 0.25) is 0 Å². The Morgan fingerprint density at radius 1 is 1.21 bits per heavy atom. The molecular weight excluding hydrogens is 244 g/mol. The Morgan fingerprint density at radius 2 is 1.84 bits per heavy atom. The quantitative estimate of drug-likeness (QED) is 0.806. The first-order chi connectivity index (χ1) is 9.08. The molecule has 1 aliphatic heterocycles. The summed E-state index contributed by atoms with van der Waals surface area (Å²) >= 11 is 0. The summed E-state index contributed by atoms with van der Waals surface area (Å²) in [6.07, 6.45) is 5.31. The van der Waals surface area contributed by atoms with Crippen molar-refractivity contribution in [3.8, 4) is 0 Å². The van der Waals surface area contributed by atoms with Crippen molar-refractivity contribution in [2.45, 2.75) is 46.0 Å². The summed E-state index contributed by atoms with van der Waals surface area (Å²) in [5.41, 5.74) is 0. The van der Waals surface area contributed by atoms with Gasteiger partial charge in [0.1, 0.15) is 6.54 Å². The topological polar surface area (TPSA) is 60.9 Å². The van der Waals surface area contributed by atoms with Crippen molar-refractivity contribution in [1.82, 2.24) is 9.80 Å². The first-order valence-corrected chi connectivity index (χ1v) is 7.34. The molecule has 0 radical (unpaired) electrons. The number of amides is 2. The van der Waals surface area contributed by atoms with Gasteiger partial charge in [-0.05, 0) is 25.2 Å². The van der Waals surface area contributed by atoms with Gasteiger partial charge in [0.15, 0.2) is 0 Å². The molecule has 0 aliphatic carbocycles. The highest BCUT2D eigenvalue weighted by Crippen LogP contribution is 2.22. The van der Waals surface area contributed by atoms with Gasteiger partial charge in [-0.25, -0.2) is 4.79 Å². The first kappa shape index (κ1) is 15.8. The summed E-state index contributed by atoms with van der Waals surface area (Å²) in [7, 11) is 0. The third kappa shape index (κ3) is 5.09. The van der Waals surface area contributed by atoms with Gasteiger partial charge in [-0.2, -0.15) is 0 Å².